The van der Waals surface area contributed by atoms with Gasteiger partial charge in [0.1, 0.15) is 17.6 Å². The maximum absolute atomic E-state index is 12.3. The Kier molecular flexibility index (Phi) is 3.97. The quantitative estimate of drug-likeness (QED) is 0.516. The topological polar surface area (TPSA) is 39.4 Å². The van der Waals surface area contributed by atoms with Gasteiger partial charge in [0, 0.05) is 10.3 Å². The third kappa shape index (κ3) is 2.81. The minimum Gasteiger partial charge on any atom is -0.484 e. The van der Waals surface area contributed by atoms with E-state index >= 15 is 0 Å². The van der Waals surface area contributed by atoms with Gasteiger partial charge in [-0.1, -0.05) is 30.3 Å². The van der Waals surface area contributed by atoms with E-state index in [0.717, 1.165) is 16.0 Å². The minimum atomic E-state index is -0.0872. The van der Waals surface area contributed by atoms with E-state index < -0.39 is 0 Å². The summed E-state index contributed by atoms with van der Waals surface area (Å²) in [5, 5.41) is 0.823. The molecule has 4 heteroatoms. The molecule has 0 unspecified atom stereocenters. The third-order valence-electron chi connectivity index (χ3n) is 3.21. The lowest BCUT2D eigenvalue weighted by molar-refractivity contribution is 0.0920. The molecule has 3 aromatic rings. The van der Waals surface area contributed by atoms with E-state index in [-0.39, 0.29) is 12.4 Å². The Morgan fingerprint density at radius 1 is 1.14 bits per heavy atom. The zero-order chi connectivity index (χ0) is 14.7. The van der Waals surface area contributed by atoms with E-state index in [9.17, 15) is 4.79 Å². The first-order chi connectivity index (χ1) is 10.3. The van der Waals surface area contributed by atoms with Crippen molar-refractivity contribution in [3.05, 3.63) is 60.4 Å². The van der Waals surface area contributed by atoms with E-state index in [1.807, 2.05) is 54.8 Å². The Morgan fingerprint density at radius 2 is 1.90 bits per heavy atom. The molecule has 2 aromatic carbocycles. The molecule has 0 aliphatic rings. The molecule has 0 N–H and O–H groups in total. The van der Waals surface area contributed by atoms with Gasteiger partial charge in [0.2, 0.25) is 5.78 Å². The fourth-order valence-electron chi connectivity index (χ4n) is 2.15. The molecular formula is C17H14O3S. The number of ketones is 1. The Bertz CT molecular complexity index is 776. The van der Waals surface area contributed by atoms with Gasteiger partial charge in [0.05, 0.1) is 5.56 Å². The minimum absolute atomic E-state index is 0.00109. The van der Waals surface area contributed by atoms with Crippen LogP contribution >= 0.6 is 11.8 Å². The van der Waals surface area contributed by atoms with Crippen molar-refractivity contribution in [2.24, 2.45) is 0 Å². The van der Waals surface area contributed by atoms with Crippen molar-refractivity contribution in [3.8, 4) is 5.75 Å². The van der Waals surface area contributed by atoms with Crippen LogP contribution < -0.4 is 4.74 Å². The molecule has 0 fully saturated rings. The van der Waals surface area contributed by atoms with Gasteiger partial charge in [0.15, 0.2) is 6.61 Å². The smallest absolute Gasteiger partial charge is 0.204 e. The van der Waals surface area contributed by atoms with Crippen LogP contribution in [0.15, 0.2) is 64.1 Å². The Labute approximate surface area is 126 Å². The van der Waals surface area contributed by atoms with Crippen molar-refractivity contribution >= 4 is 28.5 Å². The second-order valence-corrected chi connectivity index (χ2v) is 5.36. The highest BCUT2D eigenvalue weighted by molar-refractivity contribution is 7.98. The normalized spacial score (nSPS) is 10.7. The van der Waals surface area contributed by atoms with Gasteiger partial charge in [-0.05, 0) is 24.5 Å². The summed E-state index contributed by atoms with van der Waals surface area (Å²) in [6.07, 6.45) is 3.48. The third-order valence-corrected chi connectivity index (χ3v) is 3.99. The van der Waals surface area contributed by atoms with Crippen LogP contribution in [-0.2, 0) is 0 Å². The number of para-hydroxylation sites is 2. The summed E-state index contributed by atoms with van der Waals surface area (Å²) in [7, 11) is 0. The number of carbonyl (C=O) groups is 1. The molecule has 0 aliphatic carbocycles. The van der Waals surface area contributed by atoms with E-state index in [0.29, 0.717) is 11.1 Å². The SMILES string of the molecule is CSc1ccccc1OCC(=O)c1coc2ccccc12. The van der Waals surface area contributed by atoms with Crippen molar-refractivity contribution in [1.82, 2.24) is 0 Å². The average molecular weight is 298 g/mol. The van der Waals surface area contributed by atoms with E-state index in [1.54, 1.807) is 11.8 Å². The Morgan fingerprint density at radius 3 is 2.76 bits per heavy atom. The molecule has 1 aromatic heterocycles. The first kappa shape index (κ1) is 13.8. The van der Waals surface area contributed by atoms with E-state index in [1.165, 1.54) is 6.26 Å². The molecule has 0 aliphatic heterocycles. The largest absolute Gasteiger partial charge is 0.484 e. The summed E-state index contributed by atoms with van der Waals surface area (Å²) < 4.78 is 11.0. The first-order valence-corrected chi connectivity index (χ1v) is 7.77. The molecule has 0 radical (unpaired) electrons. The second-order valence-electron chi connectivity index (χ2n) is 4.51. The molecule has 3 nitrogen and oxygen atoms in total. The van der Waals surface area contributed by atoms with Crippen molar-refractivity contribution in [2.45, 2.75) is 4.90 Å². The molecule has 106 valence electrons. The van der Waals surface area contributed by atoms with E-state index in [4.69, 9.17) is 9.15 Å². The van der Waals surface area contributed by atoms with Crippen molar-refractivity contribution < 1.29 is 13.9 Å². The van der Waals surface area contributed by atoms with Gasteiger partial charge >= 0.3 is 0 Å². The predicted octanol–water partition coefficient (Wildman–Crippen LogP) is 4.42. The number of benzene rings is 2. The lowest BCUT2D eigenvalue weighted by Crippen LogP contribution is -2.11. The summed E-state index contributed by atoms with van der Waals surface area (Å²) >= 11 is 1.59. The number of furan rings is 1. The van der Waals surface area contributed by atoms with Crippen LogP contribution in [0, 0.1) is 0 Å². The standard InChI is InChI=1S/C17H14O3S/c1-21-17-9-5-4-8-16(17)20-11-14(18)13-10-19-15-7-3-2-6-12(13)15/h2-10H,11H2,1H3. The van der Waals surface area contributed by atoms with Gasteiger partial charge < -0.3 is 9.15 Å². The van der Waals surface area contributed by atoms with Crippen LogP contribution in [0.25, 0.3) is 11.0 Å². The van der Waals surface area contributed by atoms with Crippen LogP contribution in [0.2, 0.25) is 0 Å². The van der Waals surface area contributed by atoms with Gasteiger partial charge in [-0.3, -0.25) is 4.79 Å². The number of fused-ring (bicyclic) bond motifs is 1. The van der Waals surface area contributed by atoms with Crippen molar-refractivity contribution in [1.29, 1.82) is 0 Å². The fourth-order valence-corrected chi connectivity index (χ4v) is 2.70. The van der Waals surface area contributed by atoms with Gasteiger partial charge in [-0.25, -0.2) is 0 Å². The highest BCUT2D eigenvalue weighted by atomic mass is 32.2. The average Bonchev–Trinajstić information content (AvgIpc) is 2.97. The lowest BCUT2D eigenvalue weighted by Gasteiger charge is -2.08. The molecule has 0 amide bonds. The molecule has 0 atom stereocenters. The van der Waals surface area contributed by atoms with Crippen LogP contribution in [0.3, 0.4) is 0 Å². The predicted molar refractivity (Wildman–Crippen MR) is 84.3 cm³/mol. The Balaban J connectivity index is 1.78. The van der Waals surface area contributed by atoms with Gasteiger partial charge in [-0.2, -0.15) is 0 Å². The molecule has 0 bridgehead atoms. The second kappa shape index (κ2) is 6.06. The summed E-state index contributed by atoms with van der Waals surface area (Å²) in [5.74, 6) is 0.641. The van der Waals surface area contributed by atoms with Gasteiger partial charge in [0.25, 0.3) is 0 Å². The fraction of sp³-hybridized carbons (Fsp3) is 0.118. The Hall–Kier alpha value is -2.20. The van der Waals surface area contributed by atoms with Crippen LogP contribution in [-0.4, -0.2) is 18.6 Å². The summed E-state index contributed by atoms with van der Waals surface area (Å²) in [6.45, 7) is 0.00109. The number of hydrogen-bond donors (Lipinski definition) is 0. The molecular weight excluding hydrogens is 284 g/mol. The number of carbonyl (C=O) groups excluding carboxylic acids is 1. The maximum Gasteiger partial charge on any atom is 0.204 e. The number of Topliss-reactive ketones (excluding diaryl/α,β-unsaturated/α-hetero) is 1. The zero-order valence-electron chi connectivity index (χ0n) is 11.5. The molecule has 21 heavy (non-hydrogen) atoms. The summed E-state index contributed by atoms with van der Waals surface area (Å²) in [4.78, 5) is 13.3. The zero-order valence-corrected chi connectivity index (χ0v) is 12.4. The van der Waals surface area contributed by atoms with Crippen molar-refractivity contribution in [2.75, 3.05) is 12.9 Å². The molecule has 0 saturated heterocycles. The molecule has 0 spiro atoms. The van der Waals surface area contributed by atoms with Crippen LogP contribution in [0.1, 0.15) is 10.4 Å². The summed E-state index contributed by atoms with van der Waals surface area (Å²) in [5.41, 5.74) is 1.28. The van der Waals surface area contributed by atoms with Crippen LogP contribution in [0.4, 0.5) is 0 Å². The highest BCUT2D eigenvalue weighted by Crippen LogP contribution is 2.27. The summed E-state index contributed by atoms with van der Waals surface area (Å²) in [6, 6.07) is 15.2. The number of ether oxygens (including phenoxy) is 1. The number of rotatable bonds is 5. The monoisotopic (exact) mass is 298 g/mol. The lowest BCUT2D eigenvalue weighted by atomic mass is 10.1. The van der Waals surface area contributed by atoms with Gasteiger partial charge in [-0.15, -0.1) is 11.8 Å². The number of hydrogen-bond acceptors (Lipinski definition) is 4. The highest BCUT2D eigenvalue weighted by Gasteiger charge is 2.14. The molecule has 1 heterocycles. The molecule has 3 rings (SSSR count). The van der Waals surface area contributed by atoms with Crippen LogP contribution in [0.5, 0.6) is 5.75 Å². The molecule has 0 saturated carbocycles. The van der Waals surface area contributed by atoms with E-state index in [2.05, 4.69) is 0 Å². The number of thioether (sulfide) groups is 1. The van der Waals surface area contributed by atoms with Crippen molar-refractivity contribution in [3.63, 3.8) is 0 Å². The first-order valence-electron chi connectivity index (χ1n) is 6.55. The maximum atomic E-state index is 12.3.